The van der Waals surface area contributed by atoms with E-state index in [-0.39, 0.29) is 24.4 Å². The molecule has 2 aliphatic heterocycles. The lowest BCUT2D eigenvalue weighted by Gasteiger charge is -2.35. The third-order valence-corrected chi connectivity index (χ3v) is 5.22. The molecule has 2 fully saturated rings. The molecule has 0 aromatic carbocycles. The predicted octanol–water partition coefficient (Wildman–Crippen LogP) is -0.583. The lowest BCUT2D eigenvalue weighted by molar-refractivity contribution is -0.137. The first-order valence-electron chi connectivity index (χ1n) is 9.66. The highest BCUT2D eigenvalue weighted by Crippen LogP contribution is 2.17. The molecule has 0 unspecified atom stereocenters. The second-order valence-electron chi connectivity index (χ2n) is 7.89. The molecule has 0 spiro atoms. The van der Waals surface area contributed by atoms with E-state index in [1.807, 2.05) is 0 Å². The topological polar surface area (TPSA) is 122 Å². The van der Waals surface area contributed by atoms with Gasteiger partial charge in [-0.05, 0) is 38.0 Å². The molecule has 2 aliphatic rings. The minimum atomic E-state index is -0.484. The average molecular weight is 367 g/mol. The Balaban J connectivity index is 1.82. The van der Waals surface area contributed by atoms with Crippen molar-refractivity contribution < 1.29 is 14.4 Å². The lowest BCUT2D eigenvalue weighted by atomic mass is 10.0. The number of hydrogen-bond donors (Lipinski definition) is 3. The Labute approximate surface area is 155 Å². The normalized spacial score (nSPS) is 24.8. The van der Waals surface area contributed by atoms with Gasteiger partial charge in [0.2, 0.25) is 17.7 Å². The maximum absolute atomic E-state index is 12.5. The standard InChI is InChI=1S/C18H33N5O3/c1-12(2)9-14(19)18(26)22-7-3-5-13(11-22)21-10-16(24)23-8-4-6-15(23)17(20)25/h12-15,21H,3-11,19H2,1-2H3,(H2,20,25)/t13-,14+,15+/m1/s1. The van der Waals surface area contributed by atoms with E-state index < -0.39 is 18.0 Å². The number of piperidine rings is 1. The summed E-state index contributed by atoms with van der Waals surface area (Å²) in [6, 6.07) is -0.878. The molecule has 2 rings (SSSR count). The van der Waals surface area contributed by atoms with Gasteiger partial charge < -0.3 is 26.6 Å². The van der Waals surface area contributed by atoms with Gasteiger partial charge in [0.15, 0.2) is 0 Å². The van der Waals surface area contributed by atoms with Crippen LogP contribution in [0.1, 0.15) is 46.0 Å². The summed E-state index contributed by atoms with van der Waals surface area (Å²) in [4.78, 5) is 39.7. The van der Waals surface area contributed by atoms with E-state index in [1.54, 1.807) is 9.80 Å². The van der Waals surface area contributed by atoms with Gasteiger partial charge in [-0.25, -0.2) is 0 Å². The van der Waals surface area contributed by atoms with Crippen molar-refractivity contribution in [2.75, 3.05) is 26.2 Å². The van der Waals surface area contributed by atoms with Crippen LogP contribution in [-0.4, -0.2) is 71.8 Å². The molecule has 148 valence electrons. The highest BCUT2D eigenvalue weighted by atomic mass is 16.2. The largest absolute Gasteiger partial charge is 0.368 e. The van der Waals surface area contributed by atoms with Crippen molar-refractivity contribution in [3.05, 3.63) is 0 Å². The van der Waals surface area contributed by atoms with E-state index in [4.69, 9.17) is 11.5 Å². The smallest absolute Gasteiger partial charge is 0.240 e. The number of carbonyl (C=O) groups is 3. The van der Waals surface area contributed by atoms with E-state index in [0.29, 0.717) is 38.4 Å². The molecule has 8 heteroatoms. The minimum absolute atomic E-state index is 0.00939. The summed E-state index contributed by atoms with van der Waals surface area (Å²) in [5.41, 5.74) is 11.4. The summed E-state index contributed by atoms with van der Waals surface area (Å²) >= 11 is 0. The maximum atomic E-state index is 12.5. The summed E-state index contributed by atoms with van der Waals surface area (Å²) in [5.74, 6) is -0.176. The van der Waals surface area contributed by atoms with Crippen LogP contribution in [0.3, 0.4) is 0 Å². The SMILES string of the molecule is CC(C)C[C@H](N)C(=O)N1CCC[C@@H](NCC(=O)N2CCC[C@H]2C(N)=O)C1. The van der Waals surface area contributed by atoms with Crippen molar-refractivity contribution >= 4 is 17.7 Å². The number of amides is 3. The molecule has 3 atom stereocenters. The molecule has 2 saturated heterocycles. The summed E-state index contributed by atoms with van der Waals surface area (Å²) in [7, 11) is 0. The number of likely N-dealkylation sites (tertiary alicyclic amines) is 2. The van der Waals surface area contributed by atoms with Crippen molar-refractivity contribution in [2.24, 2.45) is 17.4 Å². The Bertz CT molecular complexity index is 525. The fourth-order valence-corrected chi connectivity index (χ4v) is 3.88. The van der Waals surface area contributed by atoms with Gasteiger partial charge >= 0.3 is 0 Å². The summed E-state index contributed by atoms with van der Waals surface area (Å²) < 4.78 is 0. The molecule has 26 heavy (non-hydrogen) atoms. The van der Waals surface area contributed by atoms with Crippen LogP contribution in [-0.2, 0) is 14.4 Å². The van der Waals surface area contributed by atoms with E-state index in [0.717, 1.165) is 19.3 Å². The van der Waals surface area contributed by atoms with Crippen molar-refractivity contribution in [1.82, 2.24) is 15.1 Å². The highest BCUT2D eigenvalue weighted by Gasteiger charge is 2.33. The van der Waals surface area contributed by atoms with Crippen LogP contribution in [0.25, 0.3) is 0 Å². The quantitative estimate of drug-likeness (QED) is 0.556. The number of carbonyl (C=O) groups excluding carboxylic acids is 3. The Morgan fingerprint density at radius 2 is 1.85 bits per heavy atom. The van der Waals surface area contributed by atoms with Gasteiger partial charge in [-0.3, -0.25) is 14.4 Å². The zero-order valence-corrected chi connectivity index (χ0v) is 15.9. The molecule has 0 bridgehead atoms. The highest BCUT2D eigenvalue weighted by molar-refractivity contribution is 5.88. The summed E-state index contributed by atoms with van der Waals surface area (Å²) in [5, 5.41) is 3.24. The molecule has 3 amide bonds. The number of hydrogen-bond acceptors (Lipinski definition) is 5. The third-order valence-electron chi connectivity index (χ3n) is 5.22. The molecule has 0 radical (unpaired) electrons. The first-order chi connectivity index (χ1) is 12.3. The van der Waals surface area contributed by atoms with E-state index >= 15 is 0 Å². The fraction of sp³-hybridized carbons (Fsp3) is 0.833. The second kappa shape index (κ2) is 9.32. The summed E-state index contributed by atoms with van der Waals surface area (Å²) in [6.45, 7) is 6.12. The van der Waals surface area contributed by atoms with Gasteiger partial charge in [0, 0.05) is 25.7 Å². The summed E-state index contributed by atoms with van der Waals surface area (Å²) in [6.07, 6.45) is 3.92. The van der Waals surface area contributed by atoms with Crippen LogP contribution in [0.5, 0.6) is 0 Å². The monoisotopic (exact) mass is 367 g/mol. The lowest BCUT2D eigenvalue weighted by Crippen LogP contribution is -2.54. The van der Waals surface area contributed by atoms with Gasteiger partial charge in [-0.2, -0.15) is 0 Å². The zero-order chi connectivity index (χ0) is 19.3. The molecular weight excluding hydrogens is 334 g/mol. The zero-order valence-electron chi connectivity index (χ0n) is 15.9. The van der Waals surface area contributed by atoms with Crippen molar-refractivity contribution in [3.8, 4) is 0 Å². The Morgan fingerprint density at radius 3 is 2.50 bits per heavy atom. The number of nitrogens with two attached hydrogens (primary N) is 2. The Hall–Kier alpha value is -1.67. The van der Waals surface area contributed by atoms with E-state index in [1.165, 1.54) is 0 Å². The van der Waals surface area contributed by atoms with Crippen molar-refractivity contribution in [2.45, 2.75) is 64.1 Å². The molecule has 8 nitrogen and oxygen atoms in total. The minimum Gasteiger partial charge on any atom is -0.368 e. The van der Waals surface area contributed by atoms with Crippen molar-refractivity contribution in [1.29, 1.82) is 0 Å². The Kier molecular flexibility index (Phi) is 7.40. The van der Waals surface area contributed by atoms with Crippen LogP contribution >= 0.6 is 0 Å². The number of nitrogens with one attached hydrogen (secondary N) is 1. The Morgan fingerprint density at radius 1 is 1.15 bits per heavy atom. The van der Waals surface area contributed by atoms with Gasteiger partial charge in [0.25, 0.3) is 0 Å². The molecular formula is C18H33N5O3. The molecule has 0 aliphatic carbocycles. The van der Waals surface area contributed by atoms with Gasteiger partial charge in [-0.15, -0.1) is 0 Å². The van der Waals surface area contributed by atoms with Gasteiger partial charge in [-0.1, -0.05) is 13.8 Å². The van der Waals surface area contributed by atoms with Crippen LogP contribution < -0.4 is 16.8 Å². The second-order valence-corrected chi connectivity index (χ2v) is 7.89. The molecule has 2 heterocycles. The van der Waals surface area contributed by atoms with Crippen LogP contribution in [0, 0.1) is 5.92 Å². The average Bonchev–Trinajstić information content (AvgIpc) is 3.08. The first-order valence-corrected chi connectivity index (χ1v) is 9.66. The van der Waals surface area contributed by atoms with Crippen LogP contribution in [0.4, 0.5) is 0 Å². The van der Waals surface area contributed by atoms with Crippen LogP contribution in [0.2, 0.25) is 0 Å². The number of primary amides is 1. The van der Waals surface area contributed by atoms with E-state index in [9.17, 15) is 14.4 Å². The molecule has 0 aromatic rings. The first kappa shape index (κ1) is 20.6. The van der Waals surface area contributed by atoms with Gasteiger partial charge in [0.05, 0.1) is 12.6 Å². The fourth-order valence-electron chi connectivity index (χ4n) is 3.88. The molecule has 5 N–H and O–H groups in total. The van der Waals surface area contributed by atoms with E-state index in [2.05, 4.69) is 19.2 Å². The number of nitrogens with zero attached hydrogens (tertiary/aromatic N) is 2. The predicted molar refractivity (Wildman–Crippen MR) is 99.0 cm³/mol. The molecule has 0 saturated carbocycles. The third kappa shape index (κ3) is 5.41. The van der Waals surface area contributed by atoms with Gasteiger partial charge in [0.1, 0.15) is 6.04 Å². The van der Waals surface area contributed by atoms with Crippen molar-refractivity contribution in [3.63, 3.8) is 0 Å². The molecule has 0 aromatic heterocycles. The maximum Gasteiger partial charge on any atom is 0.240 e. The van der Waals surface area contributed by atoms with Crippen LogP contribution in [0.15, 0.2) is 0 Å². The number of rotatable bonds is 7.